The lowest BCUT2D eigenvalue weighted by molar-refractivity contribution is -0.151. The van der Waals surface area contributed by atoms with Crippen LogP contribution in [0.5, 0.6) is 0 Å². The van der Waals surface area contributed by atoms with Gasteiger partial charge in [0.25, 0.3) is 0 Å². The van der Waals surface area contributed by atoms with Crippen molar-refractivity contribution in [1.82, 2.24) is 4.90 Å². The first kappa shape index (κ1) is 14.0. The summed E-state index contributed by atoms with van der Waals surface area (Å²) in [4.78, 5) is 14.9. The third-order valence-corrected chi connectivity index (χ3v) is 5.70. The summed E-state index contributed by atoms with van der Waals surface area (Å²) in [6.07, 6.45) is 9.37. The number of hydrogen-bond acceptors (Lipinski definition) is 3. The van der Waals surface area contributed by atoms with Gasteiger partial charge >= 0.3 is 0 Å². The Balaban J connectivity index is 1.40. The number of rotatable bonds is 5. The predicted molar refractivity (Wildman–Crippen MR) is 78.6 cm³/mol. The summed E-state index contributed by atoms with van der Waals surface area (Å²) in [7, 11) is 0. The van der Waals surface area contributed by atoms with E-state index in [1.807, 2.05) is 0 Å². The second kappa shape index (κ2) is 5.88. The predicted octanol–water partition coefficient (Wildman–Crippen LogP) is 2.57. The zero-order chi connectivity index (χ0) is 14.2. The first-order valence-corrected chi connectivity index (χ1v) is 8.85. The van der Waals surface area contributed by atoms with Crippen LogP contribution in [-0.4, -0.2) is 42.9 Å². The molecule has 0 bridgehead atoms. The van der Waals surface area contributed by atoms with Crippen molar-refractivity contribution in [2.75, 3.05) is 19.8 Å². The Morgan fingerprint density at radius 3 is 2.29 bits per heavy atom. The number of nitrogens with zero attached hydrogens (tertiary/aromatic N) is 1. The van der Waals surface area contributed by atoms with Crippen LogP contribution in [0.25, 0.3) is 0 Å². The molecule has 2 heterocycles. The van der Waals surface area contributed by atoms with Crippen molar-refractivity contribution in [1.29, 1.82) is 0 Å². The van der Waals surface area contributed by atoms with Crippen molar-refractivity contribution in [2.45, 2.75) is 63.7 Å². The number of amides is 1. The van der Waals surface area contributed by atoms with Gasteiger partial charge in [0.1, 0.15) is 0 Å². The topological polar surface area (TPSA) is 38.8 Å². The molecule has 0 radical (unpaired) electrons. The number of likely N-dealkylation sites (tertiary alicyclic amines) is 1. The van der Waals surface area contributed by atoms with E-state index in [4.69, 9.17) is 9.47 Å². The molecule has 0 spiro atoms. The third kappa shape index (κ3) is 3.11. The van der Waals surface area contributed by atoms with Gasteiger partial charge in [-0.25, -0.2) is 0 Å². The largest absolute Gasteiger partial charge is 0.348 e. The summed E-state index contributed by atoms with van der Waals surface area (Å²) >= 11 is 0. The molecule has 0 aromatic heterocycles. The van der Waals surface area contributed by atoms with E-state index in [1.165, 1.54) is 32.1 Å². The van der Waals surface area contributed by atoms with Crippen LogP contribution in [0.1, 0.15) is 51.4 Å². The minimum absolute atomic E-state index is 0.160. The van der Waals surface area contributed by atoms with Gasteiger partial charge in [-0.2, -0.15) is 0 Å². The molecule has 4 rings (SSSR count). The molecule has 4 fully saturated rings. The first-order valence-electron chi connectivity index (χ1n) is 8.85. The minimum Gasteiger partial charge on any atom is -0.348 e. The van der Waals surface area contributed by atoms with Crippen molar-refractivity contribution < 1.29 is 14.3 Å². The fourth-order valence-corrected chi connectivity index (χ4v) is 4.23. The molecule has 2 saturated carbocycles. The number of ether oxygens (including phenoxy) is 2. The highest BCUT2D eigenvalue weighted by Gasteiger charge is 2.44. The highest BCUT2D eigenvalue weighted by atomic mass is 16.7. The zero-order valence-electron chi connectivity index (χ0n) is 12.8. The van der Waals surface area contributed by atoms with Crippen LogP contribution in [-0.2, 0) is 14.3 Å². The van der Waals surface area contributed by atoms with Crippen LogP contribution in [0.3, 0.4) is 0 Å². The van der Waals surface area contributed by atoms with Crippen molar-refractivity contribution in [2.24, 2.45) is 17.8 Å². The van der Waals surface area contributed by atoms with Gasteiger partial charge in [0.2, 0.25) is 5.91 Å². The van der Waals surface area contributed by atoms with Crippen LogP contribution in [0.2, 0.25) is 0 Å². The summed E-state index contributed by atoms with van der Waals surface area (Å²) in [5, 5.41) is 0. The maximum Gasteiger partial charge on any atom is 0.223 e. The van der Waals surface area contributed by atoms with Gasteiger partial charge in [0, 0.05) is 13.0 Å². The standard InChI is InChI=1S/C17H27NO3/c19-16(11-14(12-4-5-12)13-6-7-13)18-8-2-1-3-15(18)17-20-9-10-21-17/h12-15,17H,1-11H2. The van der Waals surface area contributed by atoms with Crippen LogP contribution in [0.15, 0.2) is 0 Å². The van der Waals surface area contributed by atoms with Gasteiger partial charge in [0.05, 0.1) is 19.3 Å². The highest BCUT2D eigenvalue weighted by Crippen LogP contribution is 2.51. The summed E-state index contributed by atoms with van der Waals surface area (Å²) < 4.78 is 11.4. The van der Waals surface area contributed by atoms with E-state index in [0.717, 1.165) is 37.6 Å². The molecule has 21 heavy (non-hydrogen) atoms. The maximum atomic E-state index is 12.9. The first-order chi connectivity index (χ1) is 10.3. The van der Waals surface area contributed by atoms with Crippen molar-refractivity contribution in [3.63, 3.8) is 0 Å². The number of carbonyl (C=O) groups is 1. The molecule has 0 aromatic carbocycles. The second-order valence-corrected chi connectivity index (χ2v) is 7.30. The molecule has 2 aliphatic carbocycles. The zero-order valence-corrected chi connectivity index (χ0v) is 12.8. The van der Waals surface area contributed by atoms with Crippen molar-refractivity contribution >= 4 is 5.91 Å². The third-order valence-electron chi connectivity index (χ3n) is 5.70. The molecular formula is C17H27NO3. The average molecular weight is 293 g/mol. The number of hydrogen-bond donors (Lipinski definition) is 0. The summed E-state index contributed by atoms with van der Waals surface area (Å²) in [5.41, 5.74) is 0. The molecule has 118 valence electrons. The van der Waals surface area contributed by atoms with Crippen LogP contribution < -0.4 is 0 Å². The molecule has 4 nitrogen and oxygen atoms in total. The van der Waals surface area contributed by atoms with Crippen molar-refractivity contribution in [3.8, 4) is 0 Å². The summed E-state index contributed by atoms with van der Waals surface area (Å²) in [6, 6.07) is 0.160. The summed E-state index contributed by atoms with van der Waals surface area (Å²) in [6.45, 7) is 2.25. The van der Waals surface area contributed by atoms with E-state index in [1.54, 1.807) is 0 Å². The van der Waals surface area contributed by atoms with E-state index in [2.05, 4.69) is 4.90 Å². The molecule has 1 atom stereocenters. The molecule has 2 saturated heterocycles. The molecular weight excluding hydrogens is 266 g/mol. The fraction of sp³-hybridized carbons (Fsp3) is 0.941. The Kier molecular flexibility index (Phi) is 3.92. The van der Waals surface area contributed by atoms with Gasteiger partial charge in [-0.05, 0) is 62.7 Å². The Hall–Kier alpha value is -0.610. The SMILES string of the molecule is O=C(CC(C1CC1)C1CC1)N1CCCCC1C1OCCO1. The van der Waals surface area contributed by atoms with E-state index in [0.29, 0.717) is 25.0 Å². The molecule has 0 N–H and O–H groups in total. The Morgan fingerprint density at radius 1 is 1.00 bits per heavy atom. The minimum atomic E-state index is -0.172. The molecule has 0 aromatic rings. The molecule has 1 amide bonds. The highest BCUT2D eigenvalue weighted by molar-refractivity contribution is 5.77. The number of piperidine rings is 1. The van der Waals surface area contributed by atoms with Gasteiger partial charge in [-0.15, -0.1) is 0 Å². The van der Waals surface area contributed by atoms with Crippen LogP contribution in [0, 0.1) is 17.8 Å². The van der Waals surface area contributed by atoms with Gasteiger partial charge in [-0.3, -0.25) is 4.79 Å². The normalized spacial score (nSPS) is 31.1. The molecule has 1 unspecified atom stereocenters. The Bertz CT molecular complexity index is 373. The quantitative estimate of drug-likeness (QED) is 0.782. The molecule has 2 aliphatic heterocycles. The molecule has 4 heteroatoms. The lowest BCUT2D eigenvalue weighted by atomic mass is 9.92. The van der Waals surface area contributed by atoms with Crippen LogP contribution in [0.4, 0.5) is 0 Å². The van der Waals surface area contributed by atoms with Crippen molar-refractivity contribution in [3.05, 3.63) is 0 Å². The lowest BCUT2D eigenvalue weighted by Crippen LogP contribution is -2.50. The number of carbonyl (C=O) groups excluding carboxylic acids is 1. The van der Waals surface area contributed by atoms with Gasteiger partial charge < -0.3 is 14.4 Å². The van der Waals surface area contributed by atoms with E-state index < -0.39 is 0 Å². The second-order valence-electron chi connectivity index (χ2n) is 7.30. The van der Waals surface area contributed by atoms with Gasteiger partial charge in [0.15, 0.2) is 6.29 Å². The smallest absolute Gasteiger partial charge is 0.223 e. The monoisotopic (exact) mass is 293 g/mol. The maximum absolute atomic E-state index is 12.9. The van der Waals surface area contributed by atoms with Gasteiger partial charge in [-0.1, -0.05) is 0 Å². The van der Waals surface area contributed by atoms with E-state index in [-0.39, 0.29) is 12.3 Å². The Morgan fingerprint density at radius 2 is 1.67 bits per heavy atom. The van der Waals surface area contributed by atoms with E-state index >= 15 is 0 Å². The Labute approximate surface area is 127 Å². The van der Waals surface area contributed by atoms with E-state index in [9.17, 15) is 4.79 Å². The fourth-order valence-electron chi connectivity index (χ4n) is 4.23. The lowest BCUT2D eigenvalue weighted by Gasteiger charge is -2.38. The average Bonchev–Trinajstić information content (AvgIpc) is 3.44. The molecule has 4 aliphatic rings. The summed E-state index contributed by atoms with van der Waals surface area (Å²) in [5.74, 6) is 2.74. The van der Waals surface area contributed by atoms with Crippen LogP contribution >= 0.6 is 0 Å².